The lowest BCUT2D eigenvalue weighted by atomic mass is 9.93. The molecule has 1 aliphatic carbocycles. The molecule has 0 fully saturated rings. The first kappa shape index (κ1) is 9.45. The zero-order valence-electron chi connectivity index (χ0n) is 8.13. The highest BCUT2D eigenvalue weighted by Crippen LogP contribution is 2.35. The quantitative estimate of drug-likeness (QED) is 0.489. The normalized spacial score (nSPS) is 20.2. The molecule has 0 radical (unpaired) electrons. The lowest BCUT2D eigenvalue weighted by molar-refractivity contribution is 0.584. The Labute approximate surface area is 87.1 Å². The van der Waals surface area contributed by atoms with Gasteiger partial charge in [0, 0.05) is 4.88 Å². The summed E-state index contributed by atoms with van der Waals surface area (Å²) in [6, 6.07) is 0. The van der Waals surface area contributed by atoms with Gasteiger partial charge in [0.1, 0.15) is 0 Å². The van der Waals surface area contributed by atoms with Crippen molar-refractivity contribution in [2.45, 2.75) is 32.1 Å². The summed E-state index contributed by atoms with van der Waals surface area (Å²) < 4.78 is 0. The number of nitrogens with one attached hydrogen (secondary N) is 2. The van der Waals surface area contributed by atoms with Gasteiger partial charge in [0.25, 0.3) is 0 Å². The van der Waals surface area contributed by atoms with Crippen molar-refractivity contribution in [3.8, 4) is 0 Å². The largest absolute Gasteiger partial charge is 0.370 e. The van der Waals surface area contributed by atoms with Crippen molar-refractivity contribution in [3.63, 3.8) is 0 Å². The molecule has 1 heterocycles. The number of aromatic nitrogens is 1. The van der Waals surface area contributed by atoms with Gasteiger partial charge < -0.3 is 11.1 Å². The van der Waals surface area contributed by atoms with Crippen molar-refractivity contribution in [1.29, 1.82) is 5.41 Å². The maximum Gasteiger partial charge on any atom is 0.192 e. The Morgan fingerprint density at radius 1 is 1.71 bits per heavy atom. The fraction of sp³-hybridized carbons (Fsp3) is 0.556. The Kier molecular flexibility index (Phi) is 2.41. The topological polar surface area (TPSA) is 74.8 Å². The SMILES string of the molecule is C[C@@H]1CCCc2sc(NC(=N)N)nc21. The molecule has 4 N–H and O–H groups in total. The summed E-state index contributed by atoms with van der Waals surface area (Å²) in [5, 5.41) is 10.6. The summed E-state index contributed by atoms with van der Waals surface area (Å²) >= 11 is 1.62. The molecule has 1 atom stereocenters. The van der Waals surface area contributed by atoms with Gasteiger partial charge in [0.2, 0.25) is 0 Å². The van der Waals surface area contributed by atoms with E-state index in [0.29, 0.717) is 5.92 Å². The highest BCUT2D eigenvalue weighted by molar-refractivity contribution is 7.15. The smallest absolute Gasteiger partial charge is 0.192 e. The van der Waals surface area contributed by atoms with Crippen LogP contribution in [0.25, 0.3) is 0 Å². The summed E-state index contributed by atoms with van der Waals surface area (Å²) in [5.74, 6) is 0.515. The molecule has 5 heteroatoms. The molecule has 0 saturated carbocycles. The van der Waals surface area contributed by atoms with E-state index < -0.39 is 0 Å². The van der Waals surface area contributed by atoms with E-state index in [0.717, 1.165) is 11.6 Å². The molecule has 1 aromatic heterocycles. The summed E-state index contributed by atoms with van der Waals surface area (Å²) in [6.07, 6.45) is 3.59. The van der Waals surface area contributed by atoms with Crippen LogP contribution in [0.1, 0.15) is 36.3 Å². The number of nitrogens with two attached hydrogens (primary N) is 1. The van der Waals surface area contributed by atoms with E-state index >= 15 is 0 Å². The molecule has 0 aromatic carbocycles. The van der Waals surface area contributed by atoms with Crippen molar-refractivity contribution in [1.82, 2.24) is 4.98 Å². The van der Waals surface area contributed by atoms with E-state index in [1.165, 1.54) is 23.4 Å². The average Bonchev–Trinajstić information content (AvgIpc) is 2.47. The van der Waals surface area contributed by atoms with Crippen molar-refractivity contribution in [2.75, 3.05) is 5.32 Å². The standard InChI is InChI=1S/C9H14N4S/c1-5-3-2-4-6-7(5)12-9(14-6)13-8(10)11/h5H,2-4H2,1H3,(H4,10,11,12,13)/t5-/m1/s1. The van der Waals surface area contributed by atoms with Gasteiger partial charge in [-0.1, -0.05) is 6.92 Å². The molecule has 76 valence electrons. The van der Waals surface area contributed by atoms with Gasteiger partial charge in [-0.25, -0.2) is 4.98 Å². The van der Waals surface area contributed by atoms with E-state index in [9.17, 15) is 0 Å². The summed E-state index contributed by atoms with van der Waals surface area (Å²) in [5.41, 5.74) is 6.45. The minimum absolute atomic E-state index is 0.0382. The number of thiazole rings is 1. The maximum atomic E-state index is 7.12. The second-order valence-corrected chi connectivity index (χ2v) is 4.74. The van der Waals surface area contributed by atoms with Gasteiger partial charge in [0.05, 0.1) is 5.69 Å². The molecule has 0 unspecified atom stereocenters. The molecule has 2 rings (SSSR count). The van der Waals surface area contributed by atoms with Crippen LogP contribution in [0, 0.1) is 5.41 Å². The van der Waals surface area contributed by atoms with E-state index in [2.05, 4.69) is 17.2 Å². The van der Waals surface area contributed by atoms with Gasteiger partial charge in [-0.3, -0.25) is 5.41 Å². The number of rotatable bonds is 1. The minimum Gasteiger partial charge on any atom is -0.370 e. The molecule has 1 aromatic rings. The summed E-state index contributed by atoms with van der Waals surface area (Å²) in [7, 11) is 0. The third-order valence-corrected chi connectivity index (χ3v) is 3.52. The van der Waals surface area contributed by atoms with Gasteiger partial charge >= 0.3 is 0 Å². The van der Waals surface area contributed by atoms with Crippen LogP contribution >= 0.6 is 11.3 Å². The van der Waals surface area contributed by atoms with Crippen LogP contribution in [0.4, 0.5) is 5.13 Å². The molecule has 0 saturated heterocycles. The molecule has 14 heavy (non-hydrogen) atoms. The second-order valence-electron chi connectivity index (χ2n) is 3.66. The van der Waals surface area contributed by atoms with Crippen molar-refractivity contribution >= 4 is 22.4 Å². The average molecular weight is 210 g/mol. The van der Waals surface area contributed by atoms with E-state index in [1.807, 2.05) is 0 Å². The van der Waals surface area contributed by atoms with Crippen LogP contribution in [-0.4, -0.2) is 10.9 Å². The first-order chi connectivity index (χ1) is 6.66. The molecular formula is C9H14N4S. The predicted molar refractivity (Wildman–Crippen MR) is 59.0 cm³/mol. The Hall–Kier alpha value is -1.10. The Bertz CT molecular complexity index is 358. The van der Waals surface area contributed by atoms with Gasteiger partial charge in [-0.15, -0.1) is 11.3 Å². The van der Waals surface area contributed by atoms with Crippen LogP contribution in [0.3, 0.4) is 0 Å². The summed E-state index contributed by atoms with van der Waals surface area (Å²) in [4.78, 5) is 5.81. The molecule has 1 aliphatic rings. The number of hydrogen-bond donors (Lipinski definition) is 3. The third-order valence-electron chi connectivity index (χ3n) is 2.48. The van der Waals surface area contributed by atoms with Gasteiger partial charge in [-0.2, -0.15) is 0 Å². The monoisotopic (exact) mass is 210 g/mol. The van der Waals surface area contributed by atoms with E-state index in [-0.39, 0.29) is 5.96 Å². The Morgan fingerprint density at radius 3 is 3.14 bits per heavy atom. The van der Waals surface area contributed by atoms with Gasteiger partial charge in [0.15, 0.2) is 11.1 Å². The highest BCUT2D eigenvalue weighted by atomic mass is 32.1. The third kappa shape index (κ3) is 1.72. The first-order valence-electron chi connectivity index (χ1n) is 4.77. The lowest BCUT2D eigenvalue weighted by Gasteiger charge is -2.15. The Morgan fingerprint density at radius 2 is 2.50 bits per heavy atom. The summed E-state index contributed by atoms with van der Waals surface area (Å²) in [6.45, 7) is 2.20. The minimum atomic E-state index is -0.0382. The zero-order valence-corrected chi connectivity index (χ0v) is 8.95. The van der Waals surface area contributed by atoms with E-state index in [1.54, 1.807) is 11.3 Å². The number of hydrogen-bond acceptors (Lipinski definition) is 3. The fourth-order valence-electron chi connectivity index (χ4n) is 1.80. The predicted octanol–water partition coefficient (Wildman–Crippen LogP) is 1.89. The Balaban J connectivity index is 2.26. The molecule has 0 spiro atoms. The van der Waals surface area contributed by atoms with Crippen molar-refractivity contribution in [2.24, 2.45) is 5.73 Å². The number of aryl methyl sites for hydroxylation is 1. The number of guanidine groups is 1. The van der Waals surface area contributed by atoms with Crippen molar-refractivity contribution in [3.05, 3.63) is 10.6 Å². The molecule has 4 nitrogen and oxygen atoms in total. The van der Waals surface area contributed by atoms with Crippen LogP contribution in [-0.2, 0) is 6.42 Å². The van der Waals surface area contributed by atoms with Crippen LogP contribution in [0.5, 0.6) is 0 Å². The molecule has 0 aliphatic heterocycles. The van der Waals surface area contributed by atoms with Crippen molar-refractivity contribution < 1.29 is 0 Å². The molecule has 0 bridgehead atoms. The fourth-order valence-corrected chi connectivity index (χ4v) is 2.94. The van der Waals surface area contributed by atoms with Crippen LogP contribution < -0.4 is 11.1 Å². The zero-order chi connectivity index (χ0) is 10.1. The number of nitrogens with zero attached hydrogens (tertiary/aromatic N) is 1. The highest BCUT2D eigenvalue weighted by Gasteiger charge is 2.21. The molecular weight excluding hydrogens is 196 g/mol. The first-order valence-corrected chi connectivity index (χ1v) is 5.59. The van der Waals surface area contributed by atoms with Gasteiger partial charge in [-0.05, 0) is 25.2 Å². The number of fused-ring (bicyclic) bond motifs is 1. The van der Waals surface area contributed by atoms with Crippen LogP contribution in [0.2, 0.25) is 0 Å². The van der Waals surface area contributed by atoms with E-state index in [4.69, 9.17) is 11.1 Å². The number of anilines is 1. The van der Waals surface area contributed by atoms with Crippen LogP contribution in [0.15, 0.2) is 0 Å². The second kappa shape index (κ2) is 3.57. The molecule has 0 amide bonds. The maximum absolute atomic E-state index is 7.12. The lowest BCUT2D eigenvalue weighted by Crippen LogP contribution is -2.20.